The van der Waals surface area contributed by atoms with E-state index in [1.54, 1.807) is 17.0 Å². The second kappa shape index (κ2) is 6.33. The fourth-order valence-electron chi connectivity index (χ4n) is 2.18. The molecule has 1 amide bonds. The summed E-state index contributed by atoms with van der Waals surface area (Å²) in [5.74, 6) is -0.730. The van der Waals surface area contributed by atoms with Crippen molar-refractivity contribution in [2.24, 2.45) is 0 Å². The minimum Gasteiger partial charge on any atom is -0.339 e. The van der Waals surface area contributed by atoms with Gasteiger partial charge in [0.15, 0.2) is 0 Å². The molecular weight excluding hydrogens is 253 g/mol. The number of rotatable bonds is 4. The Labute approximate surface area is 118 Å². The van der Waals surface area contributed by atoms with Gasteiger partial charge in [-0.3, -0.25) is 4.79 Å². The first kappa shape index (κ1) is 14.3. The molecule has 0 radical (unpaired) electrons. The molecule has 20 heavy (non-hydrogen) atoms. The molecule has 0 aliphatic carbocycles. The lowest BCUT2D eigenvalue weighted by Gasteiger charge is -2.19. The molecule has 0 aliphatic rings. The highest BCUT2D eigenvalue weighted by Gasteiger charge is 2.17. The number of amides is 1. The van der Waals surface area contributed by atoms with Gasteiger partial charge in [-0.2, -0.15) is 0 Å². The normalized spacial score (nSPS) is 10.3. The van der Waals surface area contributed by atoms with Crippen molar-refractivity contribution < 1.29 is 9.18 Å². The summed E-state index contributed by atoms with van der Waals surface area (Å²) in [4.78, 5) is 13.9. The summed E-state index contributed by atoms with van der Waals surface area (Å²) >= 11 is 0. The summed E-state index contributed by atoms with van der Waals surface area (Å²) in [6, 6.07) is 14.3. The van der Waals surface area contributed by atoms with Crippen LogP contribution in [0.1, 0.15) is 24.2 Å². The molecular formula is C17H18FNO. The average molecular weight is 271 g/mol. The van der Waals surface area contributed by atoms with Gasteiger partial charge in [0.1, 0.15) is 5.82 Å². The molecule has 0 saturated heterocycles. The Morgan fingerprint density at radius 3 is 2.25 bits per heavy atom. The van der Waals surface area contributed by atoms with Crippen LogP contribution in [0, 0.1) is 5.82 Å². The third-order valence-electron chi connectivity index (χ3n) is 3.35. The molecule has 0 unspecified atom stereocenters. The number of halogens is 1. The first-order chi connectivity index (χ1) is 9.67. The Morgan fingerprint density at radius 2 is 1.65 bits per heavy atom. The van der Waals surface area contributed by atoms with Crippen molar-refractivity contribution in [3.05, 3.63) is 59.9 Å². The van der Waals surface area contributed by atoms with E-state index in [2.05, 4.69) is 0 Å². The zero-order valence-corrected chi connectivity index (χ0v) is 11.8. The van der Waals surface area contributed by atoms with E-state index in [-0.39, 0.29) is 11.5 Å². The zero-order chi connectivity index (χ0) is 14.5. The third-order valence-corrected chi connectivity index (χ3v) is 3.35. The number of benzene rings is 2. The molecule has 0 spiro atoms. The van der Waals surface area contributed by atoms with Crippen molar-refractivity contribution in [3.8, 4) is 11.1 Å². The highest BCUT2D eigenvalue weighted by atomic mass is 19.1. The SMILES string of the molecule is CCN(CC)C(=O)c1cc(-c2ccccc2)ccc1F. The number of nitrogens with zero attached hydrogens (tertiary/aromatic N) is 1. The molecule has 3 heteroatoms. The van der Waals surface area contributed by atoms with Gasteiger partial charge in [-0.1, -0.05) is 36.4 Å². The second-order valence-electron chi connectivity index (χ2n) is 4.54. The zero-order valence-electron chi connectivity index (χ0n) is 11.8. The van der Waals surface area contributed by atoms with Crippen LogP contribution < -0.4 is 0 Å². The van der Waals surface area contributed by atoms with Gasteiger partial charge < -0.3 is 4.90 Å². The van der Waals surface area contributed by atoms with E-state index in [0.29, 0.717) is 13.1 Å². The van der Waals surface area contributed by atoms with Gasteiger partial charge in [0.05, 0.1) is 5.56 Å². The summed E-state index contributed by atoms with van der Waals surface area (Å²) in [6.07, 6.45) is 0. The Hall–Kier alpha value is -2.16. The van der Waals surface area contributed by atoms with E-state index in [4.69, 9.17) is 0 Å². The molecule has 0 aliphatic heterocycles. The summed E-state index contributed by atoms with van der Waals surface area (Å²) in [6.45, 7) is 4.93. The van der Waals surface area contributed by atoms with Crippen LogP contribution in [0.25, 0.3) is 11.1 Å². The van der Waals surface area contributed by atoms with Crippen LogP contribution in [-0.4, -0.2) is 23.9 Å². The van der Waals surface area contributed by atoms with Crippen molar-refractivity contribution in [1.82, 2.24) is 4.90 Å². The maximum Gasteiger partial charge on any atom is 0.256 e. The summed E-state index contributed by atoms with van der Waals surface area (Å²) in [7, 11) is 0. The highest BCUT2D eigenvalue weighted by molar-refractivity contribution is 5.95. The highest BCUT2D eigenvalue weighted by Crippen LogP contribution is 2.22. The molecule has 0 N–H and O–H groups in total. The topological polar surface area (TPSA) is 20.3 Å². The number of carbonyl (C=O) groups is 1. The molecule has 0 atom stereocenters. The van der Waals surface area contributed by atoms with Crippen LogP contribution in [0.15, 0.2) is 48.5 Å². The fraction of sp³-hybridized carbons (Fsp3) is 0.235. The second-order valence-corrected chi connectivity index (χ2v) is 4.54. The number of carbonyl (C=O) groups excluding carboxylic acids is 1. The first-order valence-corrected chi connectivity index (χ1v) is 6.81. The molecule has 104 valence electrons. The number of hydrogen-bond acceptors (Lipinski definition) is 1. The van der Waals surface area contributed by atoms with Gasteiger partial charge in [0.2, 0.25) is 0 Å². The van der Waals surface area contributed by atoms with E-state index in [1.807, 2.05) is 44.2 Å². The van der Waals surface area contributed by atoms with Gasteiger partial charge >= 0.3 is 0 Å². The van der Waals surface area contributed by atoms with E-state index < -0.39 is 5.82 Å². The molecule has 0 bridgehead atoms. The molecule has 2 rings (SSSR count). The van der Waals surface area contributed by atoms with Crippen LogP contribution in [0.2, 0.25) is 0 Å². The fourth-order valence-corrected chi connectivity index (χ4v) is 2.18. The van der Waals surface area contributed by atoms with Crippen LogP contribution in [-0.2, 0) is 0 Å². The van der Waals surface area contributed by atoms with Crippen molar-refractivity contribution >= 4 is 5.91 Å². The molecule has 2 aromatic rings. The van der Waals surface area contributed by atoms with E-state index >= 15 is 0 Å². The lowest BCUT2D eigenvalue weighted by atomic mass is 10.0. The Balaban J connectivity index is 2.42. The minimum absolute atomic E-state index is 0.134. The van der Waals surface area contributed by atoms with Gasteiger partial charge in [-0.25, -0.2) is 4.39 Å². The first-order valence-electron chi connectivity index (χ1n) is 6.81. The van der Waals surface area contributed by atoms with Crippen LogP contribution >= 0.6 is 0 Å². The molecule has 0 heterocycles. The smallest absolute Gasteiger partial charge is 0.256 e. The van der Waals surface area contributed by atoms with Crippen molar-refractivity contribution in [3.63, 3.8) is 0 Å². The van der Waals surface area contributed by atoms with Gasteiger partial charge in [0, 0.05) is 13.1 Å². The predicted molar refractivity (Wildman–Crippen MR) is 79.1 cm³/mol. The van der Waals surface area contributed by atoms with Crippen LogP contribution in [0.3, 0.4) is 0 Å². The molecule has 0 fully saturated rings. The third kappa shape index (κ3) is 2.87. The van der Waals surface area contributed by atoms with Gasteiger partial charge in [-0.05, 0) is 37.1 Å². The lowest BCUT2D eigenvalue weighted by Crippen LogP contribution is -2.31. The summed E-state index contributed by atoms with van der Waals surface area (Å²) < 4.78 is 13.9. The molecule has 0 saturated carbocycles. The van der Waals surface area contributed by atoms with Crippen molar-refractivity contribution in [2.75, 3.05) is 13.1 Å². The monoisotopic (exact) mass is 271 g/mol. The maximum atomic E-state index is 13.9. The van der Waals surface area contributed by atoms with E-state index in [1.165, 1.54) is 6.07 Å². The lowest BCUT2D eigenvalue weighted by molar-refractivity contribution is 0.0768. The van der Waals surface area contributed by atoms with Gasteiger partial charge in [-0.15, -0.1) is 0 Å². The summed E-state index contributed by atoms with van der Waals surface area (Å²) in [5.41, 5.74) is 1.96. The number of hydrogen-bond donors (Lipinski definition) is 0. The summed E-state index contributed by atoms with van der Waals surface area (Å²) in [5, 5.41) is 0. The standard InChI is InChI=1S/C17H18FNO/c1-3-19(4-2)17(20)15-12-14(10-11-16(15)18)13-8-6-5-7-9-13/h5-12H,3-4H2,1-2H3. The minimum atomic E-state index is -0.471. The molecule has 2 aromatic carbocycles. The Bertz CT molecular complexity index is 591. The quantitative estimate of drug-likeness (QED) is 0.823. The van der Waals surface area contributed by atoms with E-state index in [0.717, 1.165) is 11.1 Å². The largest absolute Gasteiger partial charge is 0.339 e. The van der Waals surface area contributed by atoms with E-state index in [9.17, 15) is 9.18 Å². The Morgan fingerprint density at radius 1 is 1.00 bits per heavy atom. The van der Waals surface area contributed by atoms with Crippen molar-refractivity contribution in [1.29, 1.82) is 0 Å². The Kier molecular flexibility index (Phi) is 4.51. The molecule has 2 nitrogen and oxygen atoms in total. The molecule has 0 aromatic heterocycles. The van der Waals surface area contributed by atoms with Crippen LogP contribution in [0.5, 0.6) is 0 Å². The average Bonchev–Trinajstić information content (AvgIpc) is 2.49. The van der Waals surface area contributed by atoms with Gasteiger partial charge in [0.25, 0.3) is 5.91 Å². The van der Waals surface area contributed by atoms with Crippen LogP contribution in [0.4, 0.5) is 4.39 Å². The predicted octanol–water partition coefficient (Wildman–Crippen LogP) is 3.97. The maximum absolute atomic E-state index is 13.9. The van der Waals surface area contributed by atoms with Crippen molar-refractivity contribution in [2.45, 2.75) is 13.8 Å².